The first-order valence-electron chi connectivity index (χ1n) is 5.65. The van der Waals surface area contributed by atoms with E-state index < -0.39 is 0 Å². The van der Waals surface area contributed by atoms with Crippen molar-refractivity contribution in [3.8, 4) is 0 Å². The molecule has 0 spiro atoms. The van der Waals surface area contributed by atoms with Gasteiger partial charge in [0.2, 0.25) is 0 Å². The number of aromatic nitrogens is 4. The summed E-state index contributed by atoms with van der Waals surface area (Å²) in [6, 6.07) is 7.66. The fraction of sp³-hybridized carbons (Fsp3) is 0.154. The molecule has 0 aliphatic rings. The molecule has 1 aromatic carbocycles. The summed E-state index contributed by atoms with van der Waals surface area (Å²) in [5.41, 5.74) is 2.69. The molecule has 0 fully saturated rings. The van der Waals surface area contributed by atoms with Crippen molar-refractivity contribution in [3.05, 3.63) is 47.9 Å². The van der Waals surface area contributed by atoms with Gasteiger partial charge in [0.15, 0.2) is 0 Å². The highest BCUT2D eigenvalue weighted by atomic mass is 16.1. The molecule has 0 amide bonds. The third kappa shape index (κ3) is 1.79. The summed E-state index contributed by atoms with van der Waals surface area (Å²) in [7, 11) is 1.85. The van der Waals surface area contributed by atoms with Crippen molar-refractivity contribution in [2.45, 2.75) is 6.54 Å². The Balaban J connectivity index is 2.00. The molecule has 0 unspecified atom stereocenters. The summed E-state index contributed by atoms with van der Waals surface area (Å²) < 4.78 is 3.78. The lowest BCUT2D eigenvalue weighted by atomic mass is 10.2. The average Bonchev–Trinajstić information content (AvgIpc) is 2.96. The van der Waals surface area contributed by atoms with Crippen LogP contribution in [0.15, 0.2) is 36.7 Å². The summed E-state index contributed by atoms with van der Waals surface area (Å²) in [6.07, 6.45) is 4.75. The number of aldehydes is 1. The molecule has 0 saturated heterocycles. The Morgan fingerprint density at radius 1 is 1.33 bits per heavy atom. The van der Waals surface area contributed by atoms with Crippen molar-refractivity contribution >= 4 is 17.2 Å². The maximum absolute atomic E-state index is 10.7. The topological polar surface area (TPSA) is 52.7 Å². The van der Waals surface area contributed by atoms with Crippen LogP contribution in [0, 0.1) is 0 Å². The first-order valence-corrected chi connectivity index (χ1v) is 5.65. The Kier molecular flexibility index (Phi) is 2.44. The summed E-state index contributed by atoms with van der Waals surface area (Å²) >= 11 is 0. The molecule has 0 saturated carbocycles. The zero-order valence-electron chi connectivity index (χ0n) is 9.95. The third-order valence-electron chi connectivity index (χ3n) is 2.91. The summed E-state index contributed by atoms with van der Waals surface area (Å²) in [6.45, 7) is 0.678. The predicted octanol–water partition coefficient (Wildman–Crippen LogP) is 1.63. The van der Waals surface area contributed by atoms with Gasteiger partial charge < -0.3 is 4.57 Å². The molecule has 0 radical (unpaired) electrons. The lowest BCUT2D eigenvalue weighted by Gasteiger charge is -2.02. The van der Waals surface area contributed by atoms with Crippen molar-refractivity contribution in [1.82, 2.24) is 19.6 Å². The molecular formula is C13H12N4O. The number of carbonyl (C=O) groups is 1. The molecule has 0 bridgehead atoms. The molecule has 2 heterocycles. The van der Waals surface area contributed by atoms with E-state index in [1.54, 1.807) is 4.68 Å². The minimum atomic E-state index is 0.678. The number of hydrogen-bond acceptors (Lipinski definition) is 3. The lowest BCUT2D eigenvalue weighted by molar-refractivity contribution is 0.112. The van der Waals surface area contributed by atoms with Crippen molar-refractivity contribution in [1.29, 1.82) is 0 Å². The average molecular weight is 240 g/mol. The first kappa shape index (κ1) is 10.7. The zero-order chi connectivity index (χ0) is 12.5. The minimum absolute atomic E-state index is 0.678. The van der Waals surface area contributed by atoms with Crippen LogP contribution in [0.1, 0.15) is 16.1 Å². The molecule has 0 aliphatic carbocycles. The molecular weight excluding hydrogens is 228 g/mol. The van der Waals surface area contributed by atoms with Crippen molar-refractivity contribution < 1.29 is 4.79 Å². The molecule has 5 heteroatoms. The molecule has 0 atom stereocenters. The maximum atomic E-state index is 10.7. The highest BCUT2D eigenvalue weighted by Gasteiger charge is 2.04. The van der Waals surface area contributed by atoms with Gasteiger partial charge in [-0.15, -0.1) is 5.10 Å². The number of fused-ring (bicyclic) bond motifs is 1. The highest BCUT2D eigenvalue weighted by molar-refractivity contribution is 5.87. The van der Waals surface area contributed by atoms with E-state index in [4.69, 9.17) is 0 Å². The van der Waals surface area contributed by atoms with Crippen molar-refractivity contribution in [2.75, 3.05) is 0 Å². The molecule has 0 aliphatic heterocycles. The number of nitrogens with zero attached hydrogens (tertiary/aromatic N) is 4. The van der Waals surface area contributed by atoms with Crippen LogP contribution in [-0.2, 0) is 13.6 Å². The van der Waals surface area contributed by atoms with E-state index in [0.717, 1.165) is 22.9 Å². The van der Waals surface area contributed by atoms with E-state index in [9.17, 15) is 4.79 Å². The monoisotopic (exact) mass is 240 g/mol. The van der Waals surface area contributed by atoms with Crippen LogP contribution in [0.5, 0.6) is 0 Å². The Bertz CT molecular complexity index is 711. The number of hydrogen-bond donors (Lipinski definition) is 0. The Morgan fingerprint density at radius 2 is 2.22 bits per heavy atom. The van der Waals surface area contributed by atoms with Gasteiger partial charge in [-0.25, -0.2) is 0 Å². The Morgan fingerprint density at radius 3 is 2.94 bits per heavy atom. The largest absolute Gasteiger partial charge is 0.341 e. The van der Waals surface area contributed by atoms with Crippen LogP contribution >= 0.6 is 0 Å². The van der Waals surface area contributed by atoms with Crippen LogP contribution in [-0.4, -0.2) is 25.8 Å². The van der Waals surface area contributed by atoms with E-state index in [1.807, 2.05) is 43.7 Å². The molecule has 90 valence electrons. The lowest BCUT2D eigenvalue weighted by Crippen LogP contribution is -1.98. The van der Waals surface area contributed by atoms with Crippen molar-refractivity contribution in [2.24, 2.45) is 7.05 Å². The number of benzene rings is 1. The summed E-state index contributed by atoms with van der Waals surface area (Å²) in [5, 5.41) is 9.04. The minimum Gasteiger partial charge on any atom is -0.341 e. The van der Waals surface area contributed by atoms with Gasteiger partial charge in [0.25, 0.3) is 0 Å². The second-order valence-corrected chi connectivity index (χ2v) is 4.26. The molecule has 3 aromatic rings. The molecule has 3 rings (SSSR count). The summed E-state index contributed by atoms with van der Waals surface area (Å²) in [5.74, 6) is 0. The molecule has 2 aromatic heterocycles. The molecule has 0 N–H and O–H groups in total. The van der Waals surface area contributed by atoms with E-state index in [2.05, 4.69) is 14.9 Å². The van der Waals surface area contributed by atoms with Gasteiger partial charge >= 0.3 is 0 Å². The molecule has 5 nitrogen and oxygen atoms in total. The molecule has 18 heavy (non-hydrogen) atoms. The van der Waals surface area contributed by atoms with Gasteiger partial charge in [0.1, 0.15) is 12.0 Å². The number of aryl methyl sites for hydroxylation is 1. The van der Waals surface area contributed by atoms with Crippen molar-refractivity contribution in [3.63, 3.8) is 0 Å². The number of rotatable bonds is 3. The Hall–Kier alpha value is -2.43. The summed E-state index contributed by atoms with van der Waals surface area (Å²) in [4.78, 5) is 10.7. The predicted molar refractivity (Wildman–Crippen MR) is 67.4 cm³/mol. The standard InChI is InChI=1S/C13H12N4O/c1-16-7-12(14-15-16)8-17-5-4-11-6-10(9-18)2-3-13(11)17/h2-7,9H,8H2,1H3. The van der Waals surface area contributed by atoms with Gasteiger partial charge in [-0.1, -0.05) is 5.21 Å². The van der Waals surface area contributed by atoms with Gasteiger partial charge in [-0.2, -0.15) is 0 Å². The van der Waals surface area contributed by atoms with Gasteiger partial charge in [0.05, 0.1) is 6.54 Å². The van der Waals surface area contributed by atoms with E-state index >= 15 is 0 Å². The van der Waals surface area contributed by atoms with E-state index in [1.165, 1.54) is 0 Å². The van der Waals surface area contributed by atoms with Crippen LogP contribution < -0.4 is 0 Å². The van der Waals surface area contributed by atoms with E-state index in [-0.39, 0.29) is 0 Å². The van der Waals surface area contributed by atoms with E-state index in [0.29, 0.717) is 12.1 Å². The smallest absolute Gasteiger partial charge is 0.150 e. The highest BCUT2D eigenvalue weighted by Crippen LogP contribution is 2.17. The van der Waals surface area contributed by atoms with Crippen LogP contribution in [0.2, 0.25) is 0 Å². The SMILES string of the molecule is Cn1cc(Cn2ccc3cc(C=O)ccc32)nn1. The van der Waals surface area contributed by atoms with Gasteiger partial charge in [0, 0.05) is 35.9 Å². The second kappa shape index (κ2) is 4.10. The normalized spacial score (nSPS) is 10.9. The van der Waals surface area contributed by atoms with Gasteiger partial charge in [-0.3, -0.25) is 9.48 Å². The quantitative estimate of drug-likeness (QED) is 0.654. The fourth-order valence-electron chi connectivity index (χ4n) is 2.07. The second-order valence-electron chi connectivity index (χ2n) is 4.26. The third-order valence-corrected chi connectivity index (χ3v) is 2.91. The van der Waals surface area contributed by atoms with Crippen LogP contribution in [0.25, 0.3) is 10.9 Å². The number of carbonyl (C=O) groups excluding carboxylic acids is 1. The maximum Gasteiger partial charge on any atom is 0.150 e. The Labute approximate surface area is 104 Å². The zero-order valence-corrected chi connectivity index (χ0v) is 9.95. The van der Waals surface area contributed by atoms with Crippen LogP contribution in [0.4, 0.5) is 0 Å². The van der Waals surface area contributed by atoms with Crippen LogP contribution in [0.3, 0.4) is 0 Å². The first-order chi connectivity index (χ1) is 8.76. The fourth-order valence-corrected chi connectivity index (χ4v) is 2.07. The van der Waals surface area contributed by atoms with Gasteiger partial charge in [-0.05, 0) is 24.3 Å².